The lowest BCUT2D eigenvalue weighted by Gasteiger charge is -2.10. The molecule has 1 aliphatic heterocycles. The van der Waals surface area contributed by atoms with E-state index in [9.17, 15) is 10.1 Å². The van der Waals surface area contributed by atoms with E-state index in [1.165, 1.54) is 12.1 Å². The van der Waals surface area contributed by atoms with Crippen LogP contribution in [0.2, 0.25) is 0 Å². The lowest BCUT2D eigenvalue weighted by molar-refractivity contribution is -0.384. The van der Waals surface area contributed by atoms with Gasteiger partial charge in [-0.1, -0.05) is 0 Å². The minimum Gasteiger partial charge on any atom is -0.490 e. The zero-order valence-electron chi connectivity index (χ0n) is 9.23. The molecular formula is C11H13NO4. The maximum Gasteiger partial charge on any atom is 0.269 e. The highest BCUT2D eigenvalue weighted by molar-refractivity contribution is 5.42. The van der Waals surface area contributed by atoms with Crippen molar-refractivity contribution < 1.29 is 14.4 Å². The summed E-state index contributed by atoms with van der Waals surface area (Å²) in [7, 11) is 0. The van der Waals surface area contributed by atoms with E-state index in [0.29, 0.717) is 19.0 Å². The number of ether oxygens (including phenoxy) is 2. The molecule has 0 spiro atoms. The van der Waals surface area contributed by atoms with Gasteiger partial charge >= 0.3 is 0 Å². The number of benzene rings is 1. The van der Waals surface area contributed by atoms with Crippen LogP contribution >= 0.6 is 0 Å². The Bertz CT molecular complexity index is 426. The second kappa shape index (κ2) is 3.75. The molecule has 5 nitrogen and oxygen atoms in total. The van der Waals surface area contributed by atoms with Gasteiger partial charge < -0.3 is 9.47 Å². The number of aryl methyl sites for hydroxylation is 1. The van der Waals surface area contributed by atoms with Crippen LogP contribution in [0.25, 0.3) is 0 Å². The van der Waals surface area contributed by atoms with Crippen molar-refractivity contribution in [2.45, 2.75) is 19.4 Å². The molecule has 0 aliphatic carbocycles. The summed E-state index contributed by atoms with van der Waals surface area (Å²) in [4.78, 5) is 10.1. The molecular weight excluding hydrogens is 210 g/mol. The first kappa shape index (κ1) is 10.9. The molecule has 0 bridgehead atoms. The fourth-order valence-corrected chi connectivity index (χ4v) is 1.35. The maximum absolute atomic E-state index is 10.5. The minimum atomic E-state index is -0.415. The van der Waals surface area contributed by atoms with Crippen molar-refractivity contribution in [3.8, 4) is 5.75 Å². The van der Waals surface area contributed by atoms with Crippen molar-refractivity contribution in [3.63, 3.8) is 0 Å². The highest BCUT2D eigenvalue weighted by atomic mass is 16.6. The molecule has 86 valence electrons. The third kappa shape index (κ3) is 2.30. The molecule has 1 heterocycles. The summed E-state index contributed by atoms with van der Waals surface area (Å²) < 4.78 is 10.7. The quantitative estimate of drug-likeness (QED) is 0.445. The average molecular weight is 223 g/mol. The van der Waals surface area contributed by atoms with E-state index >= 15 is 0 Å². The fraction of sp³-hybridized carbons (Fsp3) is 0.455. The summed E-state index contributed by atoms with van der Waals surface area (Å²) in [6, 6.07) is 4.57. The normalized spacial score (nSPS) is 22.9. The molecule has 0 N–H and O–H groups in total. The largest absolute Gasteiger partial charge is 0.490 e. The van der Waals surface area contributed by atoms with E-state index in [2.05, 4.69) is 0 Å². The van der Waals surface area contributed by atoms with E-state index in [-0.39, 0.29) is 11.3 Å². The van der Waals surface area contributed by atoms with Gasteiger partial charge in [0.1, 0.15) is 18.0 Å². The van der Waals surface area contributed by atoms with Crippen molar-refractivity contribution in [1.82, 2.24) is 0 Å². The highest BCUT2D eigenvalue weighted by Gasteiger charge is 2.40. The van der Waals surface area contributed by atoms with Gasteiger partial charge in [-0.2, -0.15) is 0 Å². The Morgan fingerprint density at radius 2 is 2.31 bits per heavy atom. The number of nitrogens with zero attached hydrogens (tertiary/aromatic N) is 1. The van der Waals surface area contributed by atoms with Gasteiger partial charge in [0.05, 0.1) is 11.5 Å². The molecule has 1 aliphatic rings. The van der Waals surface area contributed by atoms with Crippen LogP contribution in [0.4, 0.5) is 5.69 Å². The zero-order chi connectivity index (χ0) is 11.8. The number of hydrogen-bond donors (Lipinski definition) is 0. The van der Waals surface area contributed by atoms with Gasteiger partial charge in [-0.3, -0.25) is 10.1 Å². The van der Waals surface area contributed by atoms with Gasteiger partial charge in [0.25, 0.3) is 5.69 Å². The molecule has 16 heavy (non-hydrogen) atoms. The smallest absolute Gasteiger partial charge is 0.269 e. The SMILES string of the molecule is Cc1cc([N+](=O)[O-])ccc1OCC1(C)CO1. The number of nitro benzene ring substituents is 1. The molecule has 0 saturated carbocycles. The molecule has 1 unspecified atom stereocenters. The summed E-state index contributed by atoms with van der Waals surface area (Å²) in [5, 5.41) is 10.5. The fourth-order valence-electron chi connectivity index (χ4n) is 1.35. The lowest BCUT2D eigenvalue weighted by Crippen LogP contribution is -2.17. The monoisotopic (exact) mass is 223 g/mol. The molecule has 1 aromatic rings. The Balaban J connectivity index is 2.07. The molecule has 1 atom stereocenters. The lowest BCUT2D eigenvalue weighted by atomic mass is 10.2. The van der Waals surface area contributed by atoms with Crippen LogP contribution in [0, 0.1) is 17.0 Å². The van der Waals surface area contributed by atoms with Crippen LogP contribution < -0.4 is 4.74 Å². The van der Waals surface area contributed by atoms with E-state index in [1.807, 2.05) is 6.92 Å². The van der Waals surface area contributed by atoms with Crippen molar-refractivity contribution in [1.29, 1.82) is 0 Å². The molecule has 5 heteroatoms. The highest BCUT2D eigenvalue weighted by Crippen LogP contribution is 2.29. The van der Waals surface area contributed by atoms with Crippen molar-refractivity contribution in [3.05, 3.63) is 33.9 Å². The van der Waals surface area contributed by atoms with E-state index in [0.717, 1.165) is 5.56 Å². The molecule has 0 aromatic heterocycles. The number of non-ortho nitro benzene ring substituents is 1. The predicted molar refractivity (Wildman–Crippen MR) is 57.7 cm³/mol. The van der Waals surface area contributed by atoms with E-state index in [4.69, 9.17) is 9.47 Å². The van der Waals surface area contributed by atoms with E-state index < -0.39 is 4.92 Å². The van der Waals surface area contributed by atoms with Crippen molar-refractivity contribution >= 4 is 5.69 Å². The third-order valence-electron chi connectivity index (χ3n) is 2.54. The van der Waals surface area contributed by atoms with Crippen LogP contribution in [0.3, 0.4) is 0 Å². The predicted octanol–water partition coefficient (Wildman–Crippen LogP) is 2.07. The summed E-state index contributed by atoms with van der Waals surface area (Å²) in [6.45, 7) is 4.94. The summed E-state index contributed by atoms with van der Waals surface area (Å²) in [5.41, 5.74) is 0.672. The van der Waals surface area contributed by atoms with Gasteiger partial charge in [-0.25, -0.2) is 0 Å². The topological polar surface area (TPSA) is 64.9 Å². The van der Waals surface area contributed by atoms with Gasteiger partial charge in [-0.15, -0.1) is 0 Å². The second-order valence-electron chi connectivity index (χ2n) is 4.23. The third-order valence-corrected chi connectivity index (χ3v) is 2.54. The first-order valence-electron chi connectivity index (χ1n) is 5.02. The van der Waals surface area contributed by atoms with Crippen molar-refractivity contribution in [2.24, 2.45) is 0 Å². The number of nitro groups is 1. The Morgan fingerprint density at radius 3 is 2.81 bits per heavy atom. The van der Waals surface area contributed by atoms with Crippen LogP contribution in [0.1, 0.15) is 12.5 Å². The summed E-state index contributed by atoms with van der Waals surface area (Å²) in [6.07, 6.45) is 0. The van der Waals surface area contributed by atoms with Crippen molar-refractivity contribution in [2.75, 3.05) is 13.2 Å². The Morgan fingerprint density at radius 1 is 1.62 bits per heavy atom. The van der Waals surface area contributed by atoms with E-state index in [1.54, 1.807) is 13.0 Å². The Kier molecular flexibility index (Phi) is 2.55. The average Bonchev–Trinajstić information content (AvgIpc) is 2.95. The minimum absolute atomic E-state index is 0.0822. The number of hydrogen-bond acceptors (Lipinski definition) is 4. The molecule has 0 amide bonds. The molecule has 1 aromatic carbocycles. The van der Waals surface area contributed by atoms with Gasteiger partial charge in [0.15, 0.2) is 0 Å². The van der Waals surface area contributed by atoms with Gasteiger partial charge in [0.2, 0.25) is 0 Å². The van der Waals surface area contributed by atoms with Gasteiger partial charge in [-0.05, 0) is 25.5 Å². The Labute approximate surface area is 93.1 Å². The standard InChI is InChI=1S/C11H13NO4/c1-8-5-9(12(13)14)3-4-10(8)15-6-11(2)7-16-11/h3-5H,6-7H2,1-2H3. The summed E-state index contributed by atoms with van der Waals surface area (Å²) in [5.74, 6) is 0.669. The second-order valence-corrected chi connectivity index (χ2v) is 4.23. The first-order chi connectivity index (χ1) is 7.50. The molecule has 0 radical (unpaired) electrons. The van der Waals surface area contributed by atoms with Crippen LogP contribution in [0.5, 0.6) is 5.75 Å². The summed E-state index contributed by atoms with van der Waals surface area (Å²) >= 11 is 0. The molecule has 1 fully saturated rings. The zero-order valence-corrected chi connectivity index (χ0v) is 9.23. The molecule has 1 saturated heterocycles. The van der Waals surface area contributed by atoms with Gasteiger partial charge in [0, 0.05) is 12.1 Å². The Hall–Kier alpha value is -1.62. The first-order valence-corrected chi connectivity index (χ1v) is 5.02. The number of epoxide rings is 1. The van der Waals surface area contributed by atoms with Crippen LogP contribution in [0.15, 0.2) is 18.2 Å². The molecule has 2 rings (SSSR count). The van der Waals surface area contributed by atoms with Crippen LogP contribution in [-0.2, 0) is 4.74 Å². The maximum atomic E-state index is 10.5. The number of rotatable bonds is 4. The van der Waals surface area contributed by atoms with Crippen LogP contribution in [-0.4, -0.2) is 23.7 Å².